The molecule has 0 atom stereocenters. The molecular weight excluding hydrogens is 414 g/mol. The molecular formula is C22H11F4N3O2. The highest BCUT2D eigenvalue weighted by Gasteiger charge is 2.31. The molecule has 0 spiro atoms. The van der Waals surface area contributed by atoms with Gasteiger partial charge in [-0.2, -0.15) is 17.6 Å². The second kappa shape index (κ2) is 6.76. The van der Waals surface area contributed by atoms with Crippen LogP contribution in [-0.4, -0.2) is 14.5 Å². The summed E-state index contributed by atoms with van der Waals surface area (Å²) in [5.41, 5.74) is 1.33. The van der Waals surface area contributed by atoms with Crippen LogP contribution in [0.4, 0.5) is 17.6 Å². The maximum atomic E-state index is 13.2. The lowest BCUT2D eigenvalue weighted by Crippen LogP contribution is -2.13. The van der Waals surface area contributed by atoms with E-state index >= 15 is 0 Å². The Morgan fingerprint density at radius 1 is 0.903 bits per heavy atom. The van der Waals surface area contributed by atoms with Crippen LogP contribution in [-0.2, 0) is 6.18 Å². The van der Waals surface area contributed by atoms with Gasteiger partial charge in [0.2, 0.25) is 5.95 Å². The van der Waals surface area contributed by atoms with Crippen molar-refractivity contribution in [1.82, 2.24) is 14.5 Å². The van der Waals surface area contributed by atoms with E-state index in [1.165, 1.54) is 30.6 Å². The van der Waals surface area contributed by atoms with Gasteiger partial charge in [0.1, 0.15) is 5.52 Å². The Morgan fingerprint density at radius 3 is 2.45 bits per heavy atom. The molecule has 0 N–H and O–H groups in total. The molecule has 0 saturated heterocycles. The minimum absolute atomic E-state index is 0.0138. The van der Waals surface area contributed by atoms with Crippen LogP contribution in [0.3, 0.4) is 0 Å². The first-order valence-electron chi connectivity index (χ1n) is 9.05. The smallest absolute Gasteiger partial charge is 0.406 e. The predicted molar refractivity (Wildman–Crippen MR) is 105 cm³/mol. The third kappa shape index (κ3) is 3.24. The molecule has 0 aliphatic carbocycles. The van der Waals surface area contributed by atoms with E-state index < -0.39 is 23.4 Å². The highest BCUT2D eigenvalue weighted by molar-refractivity contribution is 6.03. The third-order valence-electron chi connectivity index (χ3n) is 4.90. The summed E-state index contributed by atoms with van der Waals surface area (Å²) in [6.45, 7) is 0. The van der Waals surface area contributed by atoms with Crippen molar-refractivity contribution in [3.63, 3.8) is 0 Å². The van der Waals surface area contributed by atoms with Gasteiger partial charge in [-0.25, -0.2) is 14.3 Å². The van der Waals surface area contributed by atoms with Crippen molar-refractivity contribution in [1.29, 1.82) is 0 Å². The van der Waals surface area contributed by atoms with Gasteiger partial charge in [-0.1, -0.05) is 12.1 Å². The number of aromatic nitrogens is 3. The lowest BCUT2D eigenvalue weighted by atomic mass is 10.0. The van der Waals surface area contributed by atoms with E-state index in [0.717, 1.165) is 16.7 Å². The molecule has 5 aromatic rings. The SMILES string of the molecule is O=c1oc2cnc3ccc(-c4ccc(F)nc4)cc3c2n1-c1cccc(C(F)(F)F)c1. The van der Waals surface area contributed by atoms with Gasteiger partial charge in [-0.3, -0.25) is 4.98 Å². The average molecular weight is 425 g/mol. The Labute approximate surface area is 171 Å². The van der Waals surface area contributed by atoms with E-state index in [2.05, 4.69) is 9.97 Å². The summed E-state index contributed by atoms with van der Waals surface area (Å²) in [4.78, 5) is 20.5. The largest absolute Gasteiger partial charge is 0.424 e. The van der Waals surface area contributed by atoms with Gasteiger partial charge < -0.3 is 4.42 Å². The molecule has 3 aromatic heterocycles. The molecule has 154 valence electrons. The molecule has 3 heterocycles. The van der Waals surface area contributed by atoms with Gasteiger partial charge in [0, 0.05) is 17.1 Å². The maximum absolute atomic E-state index is 13.2. The summed E-state index contributed by atoms with van der Waals surface area (Å²) in [7, 11) is 0. The molecule has 0 aliphatic rings. The van der Waals surface area contributed by atoms with Gasteiger partial charge in [0.05, 0.1) is 23.0 Å². The Balaban J connectivity index is 1.80. The maximum Gasteiger partial charge on any atom is 0.424 e. The number of hydrogen-bond donors (Lipinski definition) is 0. The number of alkyl halides is 3. The number of nitrogens with zero attached hydrogens (tertiary/aromatic N) is 3. The molecule has 9 heteroatoms. The van der Waals surface area contributed by atoms with Crippen molar-refractivity contribution in [2.75, 3.05) is 0 Å². The van der Waals surface area contributed by atoms with Crippen LogP contribution in [0.1, 0.15) is 5.56 Å². The van der Waals surface area contributed by atoms with Gasteiger partial charge in [0.15, 0.2) is 5.58 Å². The van der Waals surface area contributed by atoms with Crippen LogP contribution in [0.2, 0.25) is 0 Å². The second-order valence-electron chi connectivity index (χ2n) is 6.82. The highest BCUT2D eigenvalue weighted by Crippen LogP contribution is 2.33. The van der Waals surface area contributed by atoms with Gasteiger partial charge in [0.25, 0.3) is 0 Å². The number of hydrogen-bond acceptors (Lipinski definition) is 4. The van der Waals surface area contributed by atoms with Crippen LogP contribution in [0.25, 0.3) is 38.8 Å². The zero-order valence-corrected chi connectivity index (χ0v) is 15.5. The van der Waals surface area contributed by atoms with Crippen LogP contribution < -0.4 is 5.76 Å². The standard InChI is InChI=1S/C22H11F4N3O2/c23-19-7-5-13(10-28-19)12-4-6-17-16(8-12)20-18(11-27-17)31-21(30)29(20)15-3-1-2-14(9-15)22(24,25)26/h1-11H. The van der Waals surface area contributed by atoms with Gasteiger partial charge in [-0.05, 0) is 48.0 Å². The highest BCUT2D eigenvalue weighted by atomic mass is 19.4. The molecule has 0 saturated carbocycles. The molecule has 0 unspecified atom stereocenters. The molecule has 2 aromatic carbocycles. The lowest BCUT2D eigenvalue weighted by Gasteiger charge is -2.10. The van der Waals surface area contributed by atoms with Crippen LogP contribution >= 0.6 is 0 Å². The van der Waals surface area contributed by atoms with Crippen molar-refractivity contribution < 1.29 is 22.0 Å². The first-order valence-corrected chi connectivity index (χ1v) is 9.05. The number of pyridine rings is 2. The Hall–Kier alpha value is -4.01. The third-order valence-corrected chi connectivity index (χ3v) is 4.90. The van der Waals surface area contributed by atoms with Crippen molar-refractivity contribution >= 4 is 22.0 Å². The number of benzene rings is 2. The van der Waals surface area contributed by atoms with Crippen LogP contribution in [0.15, 0.2) is 76.2 Å². The fourth-order valence-corrected chi connectivity index (χ4v) is 3.48. The van der Waals surface area contributed by atoms with E-state index in [9.17, 15) is 22.4 Å². The molecule has 0 fully saturated rings. The molecule has 0 radical (unpaired) electrons. The number of halogens is 4. The second-order valence-corrected chi connectivity index (χ2v) is 6.82. The van der Waals surface area contributed by atoms with Crippen LogP contribution in [0.5, 0.6) is 0 Å². The summed E-state index contributed by atoms with van der Waals surface area (Å²) in [6.07, 6.45) is -1.85. The molecule has 5 rings (SSSR count). The quantitative estimate of drug-likeness (QED) is 0.283. The Bertz CT molecular complexity index is 1500. The van der Waals surface area contributed by atoms with E-state index in [4.69, 9.17) is 4.42 Å². The van der Waals surface area contributed by atoms with Crippen molar-refractivity contribution in [3.05, 3.63) is 89.1 Å². The topological polar surface area (TPSA) is 60.9 Å². The Morgan fingerprint density at radius 2 is 1.71 bits per heavy atom. The van der Waals surface area contributed by atoms with E-state index in [0.29, 0.717) is 22.0 Å². The zero-order valence-electron chi connectivity index (χ0n) is 15.5. The lowest BCUT2D eigenvalue weighted by molar-refractivity contribution is -0.137. The fraction of sp³-hybridized carbons (Fsp3) is 0.0455. The molecule has 31 heavy (non-hydrogen) atoms. The molecule has 0 bridgehead atoms. The first-order chi connectivity index (χ1) is 14.8. The minimum atomic E-state index is -4.56. The molecule has 0 aliphatic heterocycles. The van der Waals surface area contributed by atoms with Gasteiger partial charge >= 0.3 is 11.9 Å². The summed E-state index contributed by atoms with van der Waals surface area (Å²) in [6, 6.07) is 12.4. The first kappa shape index (κ1) is 19.0. The zero-order chi connectivity index (χ0) is 21.8. The molecule has 0 amide bonds. The average Bonchev–Trinajstić information content (AvgIpc) is 3.10. The van der Waals surface area contributed by atoms with E-state index in [1.54, 1.807) is 24.3 Å². The summed E-state index contributed by atoms with van der Waals surface area (Å²) >= 11 is 0. The van der Waals surface area contributed by atoms with Crippen molar-refractivity contribution in [3.8, 4) is 16.8 Å². The van der Waals surface area contributed by atoms with Crippen molar-refractivity contribution in [2.45, 2.75) is 6.18 Å². The molecule has 5 nitrogen and oxygen atoms in total. The van der Waals surface area contributed by atoms with Crippen LogP contribution in [0, 0.1) is 5.95 Å². The summed E-state index contributed by atoms with van der Waals surface area (Å²) < 4.78 is 59.1. The summed E-state index contributed by atoms with van der Waals surface area (Å²) in [5, 5.41) is 0.489. The minimum Gasteiger partial charge on any atom is -0.406 e. The summed E-state index contributed by atoms with van der Waals surface area (Å²) in [5.74, 6) is -1.46. The normalized spacial score (nSPS) is 12.0. The van der Waals surface area contributed by atoms with Crippen molar-refractivity contribution in [2.24, 2.45) is 0 Å². The monoisotopic (exact) mass is 425 g/mol. The Kier molecular flexibility index (Phi) is 4.14. The number of rotatable bonds is 2. The fourth-order valence-electron chi connectivity index (χ4n) is 3.48. The van der Waals surface area contributed by atoms with E-state index in [-0.39, 0.29) is 16.8 Å². The number of oxazole rings is 1. The predicted octanol–water partition coefficient (Wildman–Crippen LogP) is 5.35. The van der Waals surface area contributed by atoms with Gasteiger partial charge in [-0.15, -0.1) is 0 Å². The van der Waals surface area contributed by atoms with E-state index in [1.807, 2.05) is 0 Å². The number of fused-ring (bicyclic) bond motifs is 3.